The molecule has 0 unspecified atom stereocenters. The molecule has 2 aliphatic carbocycles. The number of sulfonamides is 1. The third kappa shape index (κ3) is 2.29. The number of hydrogen-bond acceptors (Lipinski definition) is 3. The minimum atomic E-state index is -3.50. The van der Waals surface area contributed by atoms with E-state index in [1.165, 1.54) is 0 Å². The maximum atomic E-state index is 13.1. The molecule has 1 saturated heterocycles. The van der Waals surface area contributed by atoms with Crippen molar-refractivity contribution in [2.45, 2.75) is 43.5 Å². The van der Waals surface area contributed by atoms with Crippen LogP contribution in [0.15, 0.2) is 40.8 Å². The molecule has 0 spiro atoms. The Balaban J connectivity index is 1.73. The number of carbonyl (C=O) groups excluding carboxylic acids is 1. The largest absolute Gasteiger partial charge is 0.299 e. The summed E-state index contributed by atoms with van der Waals surface area (Å²) in [6, 6.07) is 7.00. The molecule has 4 rings (SSSR count). The van der Waals surface area contributed by atoms with Gasteiger partial charge in [0.2, 0.25) is 10.0 Å². The Hall–Kier alpha value is -1.46. The number of allylic oxidation sites excluding steroid dienone is 1. The molecule has 0 bridgehead atoms. The van der Waals surface area contributed by atoms with E-state index in [9.17, 15) is 13.2 Å². The lowest BCUT2D eigenvalue weighted by atomic mass is 9.69. The minimum Gasteiger partial charge on any atom is -0.299 e. The van der Waals surface area contributed by atoms with Crippen molar-refractivity contribution in [3.05, 3.63) is 41.5 Å². The number of rotatable bonds is 2. The summed E-state index contributed by atoms with van der Waals surface area (Å²) in [5.74, 6) is 0.476. The first-order valence-electron chi connectivity index (χ1n) is 8.28. The van der Waals surface area contributed by atoms with Crippen LogP contribution in [0, 0.1) is 18.8 Å². The van der Waals surface area contributed by atoms with Crippen LogP contribution in [-0.2, 0) is 14.8 Å². The predicted octanol–water partition coefficient (Wildman–Crippen LogP) is 2.68. The van der Waals surface area contributed by atoms with E-state index in [4.69, 9.17) is 0 Å². The monoisotopic (exact) mass is 331 g/mol. The third-order valence-electron chi connectivity index (χ3n) is 5.60. The number of benzene rings is 1. The summed E-state index contributed by atoms with van der Waals surface area (Å²) in [7, 11) is -3.50. The summed E-state index contributed by atoms with van der Waals surface area (Å²) in [6.45, 7) is 2.40. The molecule has 0 N–H and O–H groups in total. The molecule has 1 aliphatic heterocycles. The van der Waals surface area contributed by atoms with E-state index in [0.717, 1.165) is 24.0 Å². The lowest BCUT2D eigenvalue weighted by Gasteiger charge is -2.37. The molecular weight excluding hydrogens is 310 g/mol. The van der Waals surface area contributed by atoms with Crippen molar-refractivity contribution in [2.24, 2.45) is 11.8 Å². The molecule has 23 heavy (non-hydrogen) atoms. The number of Topliss-reactive ketones (excluding diaryl/α,β-unsaturated/α-hetero) is 1. The Kier molecular flexibility index (Phi) is 3.46. The van der Waals surface area contributed by atoms with Gasteiger partial charge in [0.25, 0.3) is 0 Å². The Morgan fingerprint density at radius 3 is 2.61 bits per heavy atom. The second-order valence-corrected chi connectivity index (χ2v) is 8.81. The van der Waals surface area contributed by atoms with Crippen LogP contribution < -0.4 is 0 Å². The highest BCUT2D eigenvalue weighted by Gasteiger charge is 2.51. The van der Waals surface area contributed by atoms with Crippen molar-refractivity contribution in [1.82, 2.24) is 4.31 Å². The van der Waals surface area contributed by atoms with Crippen molar-refractivity contribution in [1.29, 1.82) is 0 Å². The van der Waals surface area contributed by atoms with Crippen molar-refractivity contribution in [3.63, 3.8) is 0 Å². The molecule has 3 atom stereocenters. The standard InChI is InChI=1S/C18H21NO3S/c1-12-5-7-14(8-6-12)23(21,22)19-11-13-3-2-4-15-17(20)10-9-16(19)18(13)15/h3,5-8,15-16,18H,2,4,9-11H2,1H3/t15-,16+,18-/m0/s1. The lowest BCUT2D eigenvalue weighted by Crippen LogP contribution is -2.44. The van der Waals surface area contributed by atoms with Gasteiger partial charge in [0.1, 0.15) is 5.78 Å². The minimum absolute atomic E-state index is 0.0342. The maximum absolute atomic E-state index is 13.1. The van der Waals surface area contributed by atoms with E-state index in [-0.39, 0.29) is 17.9 Å². The Labute approximate surface area is 137 Å². The van der Waals surface area contributed by atoms with Gasteiger partial charge in [-0.25, -0.2) is 8.42 Å². The fourth-order valence-electron chi connectivity index (χ4n) is 4.45. The summed E-state index contributed by atoms with van der Waals surface area (Å²) in [6.07, 6.45) is 5.11. The van der Waals surface area contributed by atoms with Crippen LogP contribution in [0.4, 0.5) is 0 Å². The summed E-state index contributed by atoms with van der Waals surface area (Å²) >= 11 is 0. The summed E-state index contributed by atoms with van der Waals surface area (Å²) in [5.41, 5.74) is 2.21. The Morgan fingerprint density at radius 1 is 1.13 bits per heavy atom. The summed E-state index contributed by atoms with van der Waals surface area (Å²) < 4.78 is 27.8. The Morgan fingerprint density at radius 2 is 1.87 bits per heavy atom. The van der Waals surface area contributed by atoms with E-state index in [1.54, 1.807) is 16.4 Å². The number of carbonyl (C=O) groups is 1. The average molecular weight is 331 g/mol. The Bertz CT molecular complexity index is 779. The fourth-order valence-corrected chi connectivity index (χ4v) is 6.12. The van der Waals surface area contributed by atoms with Crippen LogP contribution in [-0.4, -0.2) is 31.1 Å². The van der Waals surface area contributed by atoms with Gasteiger partial charge in [-0.2, -0.15) is 4.31 Å². The first-order chi connectivity index (χ1) is 11.0. The van der Waals surface area contributed by atoms with Gasteiger partial charge in [0.05, 0.1) is 4.90 Å². The highest BCUT2D eigenvalue weighted by Crippen LogP contribution is 2.47. The summed E-state index contributed by atoms with van der Waals surface area (Å²) in [5, 5.41) is 0. The first kappa shape index (κ1) is 15.1. The zero-order valence-corrected chi connectivity index (χ0v) is 14.1. The molecule has 1 aromatic rings. The SMILES string of the molecule is Cc1ccc(S(=O)(=O)N2CC3=CCC[C@H]4C(=O)CC[C@@H]2[C@@H]34)cc1. The quantitative estimate of drug-likeness (QED) is 0.783. The molecule has 2 fully saturated rings. The normalized spacial score (nSPS) is 30.9. The molecule has 122 valence electrons. The van der Waals surface area contributed by atoms with Gasteiger partial charge in [0.15, 0.2) is 0 Å². The molecule has 0 amide bonds. The van der Waals surface area contributed by atoms with Crippen LogP contribution in [0.5, 0.6) is 0 Å². The molecule has 0 radical (unpaired) electrons. The third-order valence-corrected chi connectivity index (χ3v) is 7.48. The lowest BCUT2D eigenvalue weighted by molar-refractivity contribution is -0.127. The molecular formula is C18H21NO3S. The van der Waals surface area contributed by atoms with Crippen molar-refractivity contribution >= 4 is 15.8 Å². The van der Waals surface area contributed by atoms with Gasteiger partial charge in [-0.3, -0.25) is 4.79 Å². The number of aryl methyl sites for hydroxylation is 1. The number of hydrogen-bond donors (Lipinski definition) is 0. The fraction of sp³-hybridized carbons (Fsp3) is 0.500. The highest BCUT2D eigenvalue weighted by atomic mass is 32.2. The van der Waals surface area contributed by atoms with Gasteiger partial charge >= 0.3 is 0 Å². The molecule has 0 aromatic heterocycles. The van der Waals surface area contributed by atoms with E-state index in [0.29, 0.717) is 30.1 Å². The van der Waals surface area contributed by atoms with E-state index in [2.05, 4.69) is 6.08 Å². The second kappa shape index (κ2) is 5.28. The van der Waals surface area contributed by atoms with Crippen LogP contribution in [0.2, 0.25) is 0 Å². The topological polar surface area (TPSA) is 54.5 Å². The van der Waals surface area contributed by atoms with Crippen molar-refractivity contribution in [3.8, 4) is 0 Å². The van der Waals surface area contributed by atoms with Gasteiger partial charge < -0.3 is 0 Å². The smallest absolute Gasteiger partial charge is 0.243 e. The van der Waals surface area contributed by atoms with E-state index in [1.807, 2.05) is 19.1 Å². The van der Waals surface area contributed by atoms with Crippen LogP contribution in [0.1, 0.15) is 31.2 Å². The first-order valence-corrected chi connectivity index (χ1v) is 9.72. The number of ketones is 1. The van der Waals surface area contributed by atoms with Gasteiger partial charge in [0, 0.05) is 30.8 Å². The number of nitrogens with zero attached hydrogens (tertiary/aromatic N) is 1. The van der Waals surface area contributed by atoms with Crippen molar-refractivity contribution < 1.29 is 13.2 Å². The van der Waals surface area contributed by atoms with Gasteiger partial charge in [-0.05, 0) is 38.3 Å². The molecule has 1 saturated carbocycles. The average Bonchev–Trinajstić information content (AvgIpc) is 2.92. The molecule has 1 aromatic carbocycles. The zero-order chi connectivity index (χ0) is 16.2. The molecule has 3 aliphatic rings. The van der Waals surface area contributed by atoms with Crippen LogP contribution in [0.3, 0.4) is 0 Å². The van der Waals surface area contributed by atoms with Crippen LogP contribution >= 0.6 is 0 Å². The maximum Gasteiger partial charge on any atom is 0.243 e. The van der Waals surface area contributed by atoms with Gasteiger partial charge in [-0.15, -0.1) is 0 Å². The summed E-state index contributed by atoms with van der Waals surface area (Å²) in [4.78, 5) is 12.6. The van der Waals surface area contributed by atoms with E-state index >= 15 is 0 Å². The second-order valence-electron chi connectivity index (χ2n) is 6.92. The predicted molar refractivity (Wildman–Crippen MR) is 87.4 cm³/mol. The van der Waals surface area contributed by atoms with Crippen molar-refractivity contribution in [2.75, 3.05) is 6.54 Å². The molecule has 1 heterocycles. The van der Waals surface area contributed by atoms with Crippen LogP contribution in [0.25, 0.3) is 0 Å². The zero-order valence-electron chi connectivity index (χ0n) is 13.2. The van der Waals surface area contributed by atoms with E-state index < -0.39 is 10.0 Å². The van der Waals surface area contributed by atoms with Gasteiger partial charge in [-0.1, -0.05) is 29.3 Å². The highest BCUT2D eigenvalue weighted by molar-refractivity contribution is 7.89. The molecule has 5 heteroatoms. The molecule has 4 nitrogen and oxygen atoms in total.